The van der Waals surface area contributed by atoms with Crippen LogP contribution in [0.5, 0.6) is 0 Å². The van der Waals surface area contributed by atoms with E-state index in [9.17, 15) is 9.18 Å². The highest BCUT2D eigenvalue weighted by atomic mass is 19.1. The van der Waals surface area contributed by atoms with Gasteiger partial charge in [0.05, 0.1) is 5.69 Å². The first kappa shape index (κ1) is 20.0. The summed E-state index contributed by atoms with van der Waals surface area (Å²) in [5.74, 6) is 1.37. The van der Waals surface area contributed by atoms with Gasteiger partial charge >= 0.3 is 0 Å². The highest BCUT2D eigenvalue weighted by Crippen LogP contribution is 2.28. The number of piperidine rings is 1. The maximum Gasteiger partial charge on any atom is 0.222 e. The molecular formula is C22H29FN4O2. The number of piperazine rings is 1. The van der Waals surface area contributed by atoms with Crippen LogP contribution in [0.25, 0.3) is 11.3 Å². The number of benzene rings is 1. The molecule has 2 aliphatic heterocycles. The zero-order valence-electron chi connectivity index (χ0n) is 16.9. The van der Waals surface area contributed by atoms with Crippen molar-refractivity contribution < 1.29 is 13.7 Å². The molecule has 7 heteroatoms. The third-order valence-electron chi connectivity index (χ3n) is 6.22. The van der Waals surface area contributed by atoms with Gasteiger partial charge in [-0.25, -0.2) is 4.39 Å². The molecule has 1 amide bonds. The van der Waals surface area contributed by atoms with Crippen LogP contribution in [0.1, 0.15) is 18.5 Å². The van der Waals surface area contributed by atoms with Gasteiger partial charge in [0.2, 0.25) is 5.91 Å². The molecule has 1 aromatic carbocycles. The standard InChI is InChI=1S/C22H29FN4O2/c1-26-8-10-27(11-9-26)22(28)13-17-6-7-24-15-18(17)12-20-14-21(29-25-20)16-2-4-19(23)5-3-16/h2-5,14,17-18,24H,6-13,15H2,1H3/t17-,18-/m0/s1. The van der Waals surface area contributed by atoms with E-state index in [-0.39, 0.29) is 11.7 Å². The van der Waals surface area contributed by atoms with Gasteiger partial charge in [0.25, 0.3) is 0 Å². The number of aromatic nitrogens is 1. The molecule has 4 rings (SSSR count). The fourth-order valence-corrected chi connectivity index (χ4v) is 4.32. The van der Waals surface area contributed by atoms with E-state index in [1.807, 2.05) is 11.0 Å². The molecule has 2 aromatic rings. The first-order chi connectivity index (χ1) is 14.1. The second kappa shape index (κ2) is 9.05. The maximum atomic E-state index is 13.1. The van der Waals surface area contributed by atoms with Crippen LogP contribution in [0.4, 0.5) is 4.39 Å². The average molecular weight is 400 g/mol. The van der Waals surface area contributed by atoms with Crippen LogP contribution in [-0.2, 0) is 11.2 Å². The highest BCUT2D eigenvalue weighted by molar-refractivity contribution is 5.76. The molecule has 0 unspecified atom stereocenters. The Morgan fingerprint density at radius 2 is 1.97 bits per heavy atom. The van der Waals surface area contributed by atoms with Crippen LogP contribution in [-0.4, -0.2) is 67.2 Å². The smallest absolute Gasteiger partial charge is 0.222 e. The van der Waals surface area contributed by atoms with Crippen molar-refractivity contribution in [3.63, 3.8) is 0 Å². The first-order valence-corrected chi connectivity index (χ1v) is 10.5. The SMILES string of the molecule is CN1CCN(C(=O)C[C@@H]2CCNC[C@@H]2Cc2cc(-c3ccc(F)cc3)on2)CC1. The van der Waals surface area contributed by atoms with Crippen molar-refractivity contribution in [1.29, 1.82) is 0 Å². The minimum absolute atomic E-state index is 0.269. The lowest BCUT2D eigenvalue weighted by Crippen LogP contribution is -2.48. The van der Waals surface area contributed by atoms with E-state index in [0.717, 1.165) is 63.4 Å². The second-order valence-corrected chi connectivity index (χ2v) is 8.29. The molecule has 2 atom stereocenters. The Kier molecular flexibility index (Phi) is 6.25. The normalized spacial score (nSPS) is 23.3. The Labute approximate surface area is 171 Å². The molecule has 1 N–H and O–H groups in total. The molecule has 0 aliphatic carbocycles. The molecule has 0 radical (unpaired) electrons. The quantitative estimate of drug-likeness (QED) is 0.835. The lowest BCUT2D eigenvalue weighted by molar-refractivity contribution is -0.134. The van der Waals surface area contributed by atoms with Gasteiger partial charge in [0.15, 0.2) is 5.76 Å². The summed E-state index contributed by atoms with van der Waals surface area (Å²) in [5, 5.41) is 7.68. The van der Waals surface area contributed by atoms with E-state index < -0.39 is 0 Å². The molecule has 2 aliphatic rings. The number of halogens is 1. The van der Waals surface area contributed by atoms with Crippen LogP contribution in [0.15, 0.2) is 34.9 Å². The summed E-state index contributed by atoms with van der Waals surface area (Å²) >= 11 is 0. The van der Waals surface area contributed by atoms with Crippen molar-refractivity contribution in [2.75, 3.05) is 46.3 Å². The molecule has 0 spiro atoms. The molecule has 0 bridgehead atoms. The number of nitrogens with zero attached hydrogens (tertiary/aromatic N) is 3. The molecule has 2 fully saturated rings. The second-order valence-electron chi connectivity index (χ2n) is 8.29. The minimum atomic E-state index is -0.269. The van der Waals surface area contributed by atoms with Gasteiger partial charge in [-0.15, -0.1) is 0 Å². The topological polar surface area (TPSA) is 61.6 Å². The van der Waals surface area contributed by atoms with Gasteiger partial charge in [-0.3, -0.25) is 4.79 Å². The fraction of sp³-hybridized carbons (Fsp3) is 0.545. The minimum Gasteiger partial charge on any atom is -0.356 e. The maximum absolute atomic E-state index is 13.1. The lowest BCUT2D eigenvalue weighted by Gasteiger charge is -2.36. The number of amides is 1. The average Bonchev–Trinajstić information content (AvgIpc) is 3.19. The molecule has 29 heavy (non-hydrogen) atoms. The van der Waals surface area contributed by atoms with Gasteiger partial charge in [-0.2, -0.15) is 0 Å². The molecule has 2 saturated heterocycles. The van der Waals surface area contributed by atoms with Crippen molar-refractivity contribution in [2.24, 2.45) is 11.8 Å². The van der Waals surface area contributed by atoms with E-state index in [0.29, 0.717) is 24.0 Å². The Hall–Kier alpha value is -2.25. The highest BCUT2D eigenvalue weighted by Gasteiger charge is 2.30. The van der Waals surface area contributed by atoms with E-state index in [1.54, 1.807) is 12.1 Å². The third-order valence-corrected chi connectivity index (χ3v) is 6.22. The van der Waals surface area contributed by atoms with Crippen LogP contribution < -0.4 is 5.32 Å². The van der Waals surface area contributed by atoms with Gasteiger partial charge in [-0.05, 0) is 69.1 Å². The van der Waals surface area contributed by atoms with Crippen LogP contribution in [0, 0.1) is 17.7 Å². The third kappa shape index (κ3) is 5.03. The zero-order chi connectivity index (χ0) is 20.2. The molecule has 3 heterocycles. The molecule has 6 nitrogen and oxygen atoms in total. The summed E-state index contributed by atoms with van der Waals surface area (Å²) in [4.78, 5) is 17.1. The van der Waals surface area contributed by atoms with Gasteiger partial charge in [-0.1, -0.05) is 5.16 Å². The Morgan fingerprint density at radius 1 is 1.21 bits per heavy atom. The lowest BCUT2D eigenvalue weighted by atomic mass is 9.81. The van der Waals surface area contributed by atoms with Crippen molar-refractivity contribution in [3.8, 4) is 11.3 Å². The Bertz CT molecular complexity index is 814. The van der Waals surface area contributed by atoms with E-state index in [2.05, 4.69) is 22.4 Å². The van der Waals surface area contributed by atoms with Crippen molar-refractivity contribution in [2.45, 2.75) is 19.3 Å². The monoisotopic (exact) mass is 400 g/mol. The predicted molar refractivity (Wildman–Crippen MR) is 109 cm³/mol. The molecular weight excluding hydrogens is 371 g/mol. The van der Waals surface area contributed by atoms with Crippen LogP contribution in [0.3, 0.4) is 0 Å². The summed E-state index contributed by atoms with van der Waals surface area (Å²) in [6, 6.07) is 8.16. The summed E-state index contributed by atoms with van der Waals surface area (Å²) in [6.45, 7) is 5.40. The van der Waals surface area contributed by atoms with E-state index >= 15 is 0 Å². The molecule has 1 aromatic heterocycles. The van der Waals surface area contributed by atoms with Crippen LogP contribution >= 0.6 is 0 Å². The summed E-state index contributed by atoms with van der Waals surface area (Å²) in [5.41, 5.74) is 1.70. The number of carbonyl (C=O) groups excluding carboxylic acids is 1. The van der Waals surface area contributed by atoms with Gasteiger partial charge < -0.3 is 19.6 Å². The van der Waals surface area contributed by atoms with Crippen molar-refractivity contribution in [3.05, 3.63) is 41.8 Å². The number of hydrogen-bond donors (Lipinski definition) is 1. The Morgan fingerprint density at radius 3 is 2.72 bits per heavy atom. The van der Waals surface area contributed by atoms with Crippen molar-refractivity contribution >= 4 is 5.91 Å². The first-order valence-electron chi connectivity index (χ1n) is 10.5. The molecule has 156 valence electrons. The van der Waals surface area contributed by atoms with Gasteiger partial charge in [0, 0.05) is 44.2 Å². The number of rotatable bonds is 5. The predicted octanol–water partition coefficient (Wildman–Crippen LogP) is 2.41. The Balaban J connectivity index is 1.38. The van der Waals surface area contributed by atoms with E-state index in [1.165, 1.54) is 12.1 Å². The van der Waals surface area contributed by atoms with Crippen molar-refractivity contribution in [1.82, 2.24) is 20.3 Å². The summed E-state index contributed by atoms with van der Waals surface area (Å²) in [7, 11) is 2.10. The fourth-order valence-electron chi connectivity index (χ4n) is 4.32. The van der Waals surface area contributed by atoms with Crippen LogP contribution in [0.2, 0.25) is 0 Å². The summed E-state index contributed by atoms with van der Waals surface area (Å²) < 4.78 is 18.6. The zero-order valence-corrected chi connectivity index (χ0v) is 16.9. The number of likely N-dealkylation sites (N-methyl/N-ethyl adjacent to an activating group) is 1. The number of carbonyl (C=O) groups is 1. The number of hydrogen-bond acceptors (Lipinski definition) is 5. The number of nitrogens with one attached hydrogen (secondary N) is 1. The largest absolute Gasteiger partial charge is 0.356 e. The van der Waals surface area contributed by atoms with E-state index in [4.69, 9.17) is 4.52 Å². The molecule has 0 saturated carbocycles. The summed E-state index contributed by atoms with van der Waals surface area (Å²) in [6.07, 6.45) is 2.39. The van der Waals surface area contributed by atoms with Gasteiger partial charge in [0.1, 0.15) is 5.82 Å².